The van der Waals surface area contributed by atoms with Gasteiger partial charge in [-0.3, -0.25) is 0 Å². The Labute approximate surface area is 86.9 Å². The highest BCUT2D eigenvalue weighted by Gasteiger charge is 1.91. The summed E-state index contributed by atoms with van der Waals surface area (Å²) < 4.78 is 0. The van der Waals surface area contributed by atoms with Gasteiger partial charge in [0.25, 0.3) is 0 Å². The predicted octanol–water partition coefficient (Wildman–Crippen LogP) is 4.28. The fraction of sp³-hybridized carbons (Fsp3) is 0.455. The van der Waals surface area contributed by atoms with Crippen LogP contribution in [-0.2, 0) is 0 Å². The summed E-state index contributed by atoms with van der Waals surface area (Å²) in [4.78, 5) is 0. The van der Waals surface area contributed by atoms with Crippen molar-refractivity contribution in [3.63, 3.8) is 0 Å². The molecule has 0 bridgehead atoms. The largest absolute Gasteiger partial charge is 0.399 e. The molecule has 0 saturated carbocycles. The van der Waals surface area contributed by atoms with Crippen LogP contribution in [0.25, 0.3) is 0 Å². The molecule has 0 aliphatic carbocycles. The summed E-state index contributed by atoms with van der Waals surface area (Å²) in [5, 5.41) is 0.738. The minimum Gasteiger partial charge on any atom is -0.399 e. The standard InChI is InChI=1S/C7H8ClN.2C2H6/c1-5-4-6(8)2-3-7(5)9;2*1-2/h2-4H,9H2,1H3;2*1-2H3. The summed E-state index contributed by atoms with van der Waals surface area (Å²) in [6.07, 6.45) is 0. The van der Waals surface area contributed by atoms with E-state index in [1.165, 1.54) is 0 Å². The summed E-state index contributed by atoms with van der Waals surface area (Å²) in [7, 11) is 0. The third-order valence-corrected chi connectivity index (χ3v) is 1.47. The molecule has 0 aliphatic rings. The second-order valence-electron chi connectivity index (χ2n) is 2.00. The average Bonchev–Trinajstić information content (AvgIpc) is 2.18. The van der Waals surface area contributed by atoms with Gasteiger partial charge in [0.1, 0.15) is 0 Å². The van der Waals surface area contributed by atoms with Crippen molar-refractivity contribution in [1.29, 1.82) is 0 Å². The minimum absolute atomic E-state index is 0.738. The molecule has 0 aliphatic heterocycles. The van der Waals surface area contributed by atoms with Gasteiger partial charge in [-0.25, -0.2) is 0 Å². The first kappa shape index (κ1) is 14.8. The quantitative estimate of drug-likeness (QED) is 0.623. The number of nitrogens with two attached hydrogens (primary N) is 1. The first-order chi connectivity index (χ1) is 6.20. The molecule has 0 radical (unpaired) electrons. The zero-order valence-corrected chi connectivity index (χ0v) is 9.94. The SMILES string of the molecule is CC.CC.Cc1cc(Cl)ccc1N. The number of anilines is 1. The summed E-state index contributed by atoms with van der Waals surface area (Å²) in [6, 6.07) is 5.43. The van der Waals surface area contributed by atoms with Crippen LogP contribution in [0.2, 0.25) is 5.02 Å². The highest BCUT2D eigenvalue weighted by atomic mass is 35.5. The second kappa shape index (κ2) is 9.40. The van der Waals surface area contributed by atoms with E-state index < -0.39 is 0 Å². The fourth-order valence-corrected chi connectivity index (χ4v) is 0.866. The van der Waals surface area contributed by atoms with Crippen molar-refractivity contribution >= 4 is 17.3 Å². The maximum absolute atomic E-state index is 5.66. The molecule has 1 rings (SSSR count). The minimum atomic E-state index is 0.738. The number of benzene rings is 1. The normalized spacial score (nSPS) is 7.54. The van der Waals surface area contributed by atoms with Crippen molar-refractivity contribution in [2.75, 3.05) is 5.73 Å². The van der Waals surface area contributed by atoms with Gasteiger partial charge in [0.05, 0.1) is 0 Å². The van der Waals surface area contributed by atoms with Gasteiger partial charge in [-0.2, -0.15) is 0 Å². The van der Waals surface area contributed by atoms with E-state index in [1.807, 2.05) is 40.7 Å². The van der Waals surface area contributed by atoms with Crippen molar-refractivity contribution < 1.29 is 0 Å². The Morgan fingerprint density at radius 1 is 1.08 bits per heavy atom. The number of hydrogen-bond donors (Lipinski definition) is 1. The van der Waals surface area contributed by atoms with E-state index in [9.17, 15) is 0 Å². The van der Waals surface area contributed by atoms with E-state index in [0.717, 1.165) is 16.3 Å². The topological polar surface area (TPSA) is 26.0 Å². The van der Waals surface area contributed by atoms with Crippen LogP contribution in [-0.4, -0.2) is 0 Å². The third kappa shape index (κ3) is 6.47. The third-order valence-electron chi connectivity index (χ3n) is 1.23. The number of rotatable bonds is 0. The summed E-state index contributed by atoms with van der Waals surface area (Å²) in [5.41, 5.74) is 7.35. The highest BCUT2D eigenvalue weighted by molar-refractivity contribution is 6.30. The number of hydrogen-bond acceptors (Lipinski definition) is 1. The zero-order chi connectivity index (χ0) is 10.9. The lowest BCUT2D eigenvalue weighted by atomic mass is 10.2. The molecule has 0 amide bonds. The van der Waals surface area contributed by atoms with E-state index in [4.69, 9.17) is 17.3 Å². The molecule has 1 aromatic rings. The van der Waals surface area contributed by atoms with Crippen LogP contribution in [0.5, 0.6) is 0 Å². The highest BCUT2D eigenvalue weighted by Crippen LogP contribution is 2.15. The Hall–Kier alpha value is -0.690. The molecule has 13 heavy (non-hydrogen) atoms. The van der Waals surface area contributed by atoms with Crippen molar-refractivity contribution in [2.45, 2.75) is 34.6 Å². The zero-order valence-electron chi connectivity index (χ0n) is 9.19. The van der Waals surface area contributed by atoms with Crippen molar-refractivity contribution in [2.24, 2.45) is 0 Å². The smallest absolute Gasteiger partial charge is 0.0410 e. The van der Waals surface area contributed by atoms with Gasteiger partial charge in [0.15, 0.2) is 0 Å². The predicted molar refractivity (Wildman–Crippen MR) is 63.3 cm³/mol. The number of halogens is 1. The molecule has 2 heteroatoms. The first-order valence-corrected chi connectivity index (χ1v) is 5.09. The van der Waals surface area contributed by atoms with Crippen LogP contribution in [0.3, 0.4) is 0 Å². The maximum Gasteiger partial charge on any atom is 0.0410 e. The summed E-state index contributed by atoms with van der Waals surface area (Å²) in [5.74, 6) is 0. The van der Waals surface area contributed by atoms with Gasteiger partial charge in [-0.15, -0.1) is 0 Å². The molecule has 1 aromatic carbocycles. The lowest BCUT2D eigenvalue weighted by molar-refractivity contribution is 1.47. The Morgan fingerprint density at radius 3 is 1.85 bits per heavy atom. The molecule has 76 valence electrons. The Bertz CT molecular complexity index is 221. The number of nitrogen functional groups attached to an aromatic ring is 1. The summed E-state index contributed by atoms with van der Waals surface area (Å²) in [6.45, 7) is 9.93. The van der Waals surface area contributed by atoms with Crippen molar-refractivity contribution in [3.05, 3.63) is 28.8 Å². The van der Waals surface area contributed by atoms with E-state index in [-0.39, 0.29) is 0 Å². The molecular weight excluding hydrogens is 182 g/mol. The van der Waals surface area contributed by atoms with E-state index in [1.54, 1.807) is 12.1 Å². The molecule has 0 heterocycles. The summed E-state index contributed by atoms with van der Waals surface area (Å²) >= 11 is 5.66. The van der Waals surface area contributed by atoms with Gasteiger partial charge in [0.2, 0.25) is 0 Å². The molecule has 2 N–H and O–H groups in total. The first-order valence-electron chi connectivity index (χ1n) is 4.72. The van der Waals surface area contributed by atoms with E-state index >= 15 is 0 Å². The molecule has 0 fully saturated rings. The van der Waals surface area contributed by atoms with Crippen molar-refractivity contribution in [3.8, 4) is 0 Å². The molecule has 0 spiro atoms. The Balaban J connectivity index is 0. The van der Waals surface area contributed by atoms with Gasteiger partial charge < -0.3 is 5.73 Å². The number of aryl methyl sites for hydroxylation is 1. The second-order valence-corrected chi connectivity index (χ2v) is 2.44. The van der Waals surface area contributed by atoms with Gasteiger partial charge >= 0.3 is 0 Å². The maximum atomic E-state index is 5.66. The fourth-order valence-electron chi connectivity index (χ4n) is 0.639. The van der Waals surface area contributed by atoms with Crippen LogP contribution in [0.15, 0.2) is 18.2 Å². The van der Waals surface area contributed by atoms with Gasteiger partial charge in [-0.05, 0) is 30.7 Å². The molecule has 0 unspecified atom stereocenters. The van der Waals surface area contributed by atoms with E-state index in [2.05, 4.69) is 0 Å². The molecule has 1 nitrogen and oxygen atoms in total. The van der Waals surface area contributed by atoms with Crippen LogP contribution >= 0.6 is 11.6 Å². The van der Waals surface area contributed by atoms with Gasteiger partial charge in [0, 0.05) is 10.7 Å². The monoisotopic (exact) mass is 201 g/mol. The lowest BCUT2D eigenvalue weighted by Gasteiger charge is -1.97. The van der Waals surface area contributed by atoms with Crippen molar-refractivity contribution in [1.82, 2.24) is 0 Å². The average molecular weight is 202 g/mol. The lowest BCUT2D eigenvalue weighted by Crippen LogP contribution is -1.87. The Kier molecular flexibility index (Phi) is 10.7. The van der Waals surface area contributed by atoms with Crippen LogP contribution in [0, 0.1) is 6.92 Å². The Morgan fingerprint density at radius 2 is 1.54 bits per heavy atom. The molecule has 0 atom stereocenters. The molecule has 0 saturated heterocycles. The van der Waals surface area contributed by atoms with Gasteiger partial charge in [-0.1, -0.05) is 39.3 Å². The van der Waals surface area contributed by atoms with E-state index in [0.29, 0.717) is 0 Å². The van der Waals surface area contributed by atoms with Crippen LogP contribution < -0.4 is 5.73 Å². The molecular formula is C11H20ClN. The van der Waals surface area contributed by atoms with Crippen LogP contribution in [0.4, 0.5) is 5.69 Å². The molecule has 0 aromatic heterocycles. The van der Waals surface area contributed by atoms with Crippen LogP contribution in [0.1, 0.15) is 33.3 Å².